The molecule has 0 N–H and O–H groups in total. The van der Waals surface area contributed by atoms with Crippen molar-refractivity contribution in [2.24, 2.45) is 0 Å². The van der Waals surface area contributed by atoms with Gasteiger partial charge < -0.3 is 32.7 Å². The van der Waals surface area contributed by atoms with Gasteiger partial charge >= 0.3 is 67.1 Å². The Morgan fingerprint density at radius 2 is 0.587 bits per heavy atom. The van der Waals surface area contributed by atoms with Crippen LogP contribution in [0.25, 0.3) is 5.32 Å². The Balaban J connectivity index is 0.000000234. The Kier molecular flexibility index (Phi) is 20.1. The van der Waals surface area contributed by atoms with E-state index in [2.05, 4.69) is 104 Å². The molecule has 16 heteroatoms. The molecule has 338 valence electrons. The molecule has 6 aromatic heterocycles. The monoisotopic (exact) mass is 1120 g/mol. The molecule has 0 radical (unpaired) electrons. The quantitative estimate of drug-likeness (QED) is 0.114. The van der Waals surface area contributed by atoms with E-state index in [1.165, 1.54) is 66.8 Å². The van der Waals surface area contributed by atoms with Crippen molar-refractivity contribution in [1.29, 1.82) is 0 Å². The summed E-state index contributed by atoms with van der Waals surface area (Å²) in [5, 5.41) is 3.91. The molecule has 2 aromatic carbocycles. The molecule has 8 aromatic rings. The van der Waals surface area contributed by atoms with Gasteiger partial charge in [0.15, 0.2) is 0 Å². The number of aromatic nitrogens is 12. The van der Waals surface area contributed by atoms with Crippen molar-refractivity contribution in [3.63, 3.8) is 0 Å². The number of nitrogens with zero attached hydrogens (tertiary/aromatic N) is 13. The first-order chi connectivity index (χ1) is 29.3. The van der Waals surface area contributed by atoms with E-state index in [9.17, 15) is 0 Å². The van der Waals surface area contributed by atoms with Gasteiger partial charge in [0, 0.05) is 114 Å². The molecule has 0 saturated carbocycles. The predicted molar refractivity (Wildman–Crippen MR) is 236 cm³/mol. The summed E-state index contributed by atoms with van der Waals surface area (Å²) >= 11 is 0. The van der Waals surface area contributed by atoms with Gasteiger partial charge in [-0.3, -0.25) is 0 Å². The maximum atomic E-state index is 4.20. The number of benzene rings is 2. The second kappa shape index (κ2) is 24.9. The summed E-state index contributed by atoms with van der Waals surface area (Å²) in [7, 11) is 0. The Hall–Kier alpha value is -4.80. The Labute approximate surface area is 417 Å². The first kappa shape index (κ1) is 50.8. The molecule has 63 heavy (non-hydrogen) atoms. The zero-order valence-corrected chi connectivity index (χ0v) is 40.8. The second-order valence-corrected chi connectivity index (χ2v) is 15.2. The maximum absolute atomic E-state index is 4.20. The fraction of sp³-hybridized carbons (Fsp3) is 0.277. The molecule has 0 amide bonds. The van der Waals surface area contributed by atoms with Crippen molar-refractivity contribution >= 4 is 0 Å². The van der Waals surface area contributed by atoms with E-state index in [1.54, 1.807) is 6.20 Å². The average molecular weight is 1120 g/mol. The van der Waals surface area contributed by atoms with Crippen LogP contribution < -0.4 is 0 Å². The van der Waals surface area contributed by atoms with E-state index in [1.807, 2.05) is 131 Å². The van der Waals surface area contributed by atoms with Gasteiger partial charge in [0.2, 0.25) is 0 Å². The van der Waals surface area contributed by atoms with Crippen molar-refractivity contribution in [3.05, 3.63) is 209 Å². The molecule has 0 aliphatic carbocycles. The predicted octanol–water partition coefficient (Wildman–Crippen LogP) is 8.13. The van der Waals surface area contributed by atoms with Gasteiger partial charge in [0.05, 0.1) is 38.0 Å². The van der Waals surface area contributed by atoms with Crippen LogP contribution in [-0.4, -0.2) is 63.9 Å². The minimum atomic E-state index is 0. The van der Waals surface area contributed by atoms with Crippen molar-refractivity contribution in [2.75, 3.05) is 6.54 Å². The number of imidazole rings is 6. The van der Waals surface area contributed by atoms with Gasteiger partial charge in [-0.2, -0.15) is 6.20 Å². The van der Waals surface area contributed by atoms with Gasteiger partial charge in [-0.1, -0.05) is 12.2 Å². The van der Waals surface area contributed by atoms with Crippen LogP contribution in [0.4, 0.5) is 0 Å². The fourth-order valence-electron chi connectivity index (χ4n) is 7.95. The zero-order valence-electron chi connectivity index (χ0n) is 36.4. The summed E-state index contributed by atoms with van der Waals surface area (Å²) in [5.74, 6) is 0. The van der Waals surface area contributed by atoms with E-state index in [0.717, 1.165) is 45.8 Å². The zero-order chi connectivity index (χ0) is 41.8. The van der Waals surface area contributed by atoms with Crippen LogP contribution in [0, 0.1) is 41.5 Å². The van der Waals surface area contributed by atoms with Gasteiger partial charge in [0.1, 0.15) is 0 Å². The molecule has 1 aliphatic rings. The Morgan fingerprint density at radius 1 is 0.365 bits per heavy atom. The van der Waals surface area contributed by atoms with Crippen LogP contribution in [0.15, 0.2) is 137 Å². The summed E-state index contributed by atoms with van der Waals surface area (Å²) < 4.78 is 12.8. The van der Waals surface area contributed by atoms with Crippen molar-refractivity contribution < 1.29 is 67.1 Å². The molecule has 0 bridgehead atoms. The molecule has 0 unspecified atom stereocenters. The molecular formula is C47H54Ag3N13+2. The Morgan fingerprint density at radius 3 is 0.698 bits per heavy atom. The van der Waals surface area contributed by atoms with Gasteiger partial charge in [-0.25, -0.2) is 29.9 Å². The van der Waals surface area contributed by atoms with Crippen LogP contribution >= 0.6 is 0 Å². The molecule has 7 heterocycles. The second-order valence-electron chi connectivity index (χ2n) is 15.2. The largest absolute Gasteiger partial charge is 1.00 e. The third kappa shape index (κ3) is 13.1. The number of hydrogen-bond donors (Lipinski definition) is 0. The topological polar surface area (TPSA) is 121 Å². The molecule has 0 spiro atoms. The summed E-state index contributed by atoms with van der Waals surface area (Å²) in [6.07, 6.45) is 42.1. The minimum absolute atomic E-state index is 0. The third-order valence-corrected chi connectivity index (χ3v) is 11.5. The molecular weight excluding hydrogens is 1070 g/mol. The normalized spacial score (nSPS) is 11.3. The molecule has 0 saturated heterocycles. The van der Waals surface area contributed by atoms with Crippen LogP contribution in [0.3, 0.4) is 0 Å². The van der Waals surface area contributed by atoms with Crippen LogP contribution in [0.1, 0.15) is 66.8 Å². The first-order valence-corrected chi connectivity index (χ1v) is 20.2. The summed E-state index contributed by atoms with van der Waals surface area (Å²) in [4.78, 5) is 25.2. The molecule has 9 rings (SSSR count). The smallest absolute Gasteiger partial charge is 0.687 e. The molecule has 0 atom stereocenters. The molecule has 13 nitrogen and oxygen atoms in total. The van der Waals surface area contributed by atoms with Crippen molar-refractivity contribution in [3.8, 4) is 0 Å². The summed E-state index contributed by atoms with van der Waals surface area (Å²) in [5.41, 5.74) is 16.3. The third-order valence-electron chi connectivity index (χ3n) is 11.5. The standard InChI is InChI=1S/2C21H24N6.C5H6N.3Ag/c2*1-16-19(10-25-7-4-22-13-25)17(2)21(12-27-9-6-24-15-27)18(3)20(16)11-26-8-5-23-14-26;1-2-4-6-5-3-1;;;/h2*4-9,13-15H,10-12H2,1-3H3;1-4H,5H2;;;/q;;-1;3*+1. The van der Waals surface area contributed by atoms with E-state index in [-0.39, 0.29) is 67.1 Å². The fourth-order valence-corrected chi connectivity index (χ4v) is 7.95. The number of hydrogen-bond acceptors (Lipinski definition) is 6. The maximum Gasteiger partial charge on any atom is 1.00 e. The minimum Gasteiger partial charge on any atom is -0.687 e. The van der Waals surface area contributed by atoms with Crippen LogP contribution in [-0.2, 0) is 106 Å². The summed E-state index contributed by atoms with van der Waals surface area (Å²) in [6, 6.07) is 0. The van der Waals surface area contributed by atoms with Crippen LogP contribution in [0.5, 0.6) is 0 Å². The van der Waals surface area contributed by atoms with Crippen molar-refractivity contribution in [1.82, 2.24) is 57.3 Å². The number of allylic oxidation sites excluding steroid dienone is 2. The SMILES string of the molecule is C1=CC[N-]C=C1.Cc1c(Cn2ccnc2)c(C)c(Cn2ccnc2)c(C)c1Cn1ccnc1.Cc1c(Cn2ccnc2)c(C)c(Cn2ccnc2)c(C)c1Cn1ccnc1.[Ag+].[Ag+].[Ag+]. The van der Waals surface area contributed by atoms with E-state index >= 15 is 0 Å². The van der Waals surface area contributed by atoms with E-state index in [4.69, 9.17) is 0 Å². The van der Waals surface area contributed by atoms with Crippen molar-refractivity contribution in [2.45, 2.75) is 80.8 Å². The van der Waals surface area contributed by atoms with E-state index < -0.39 is 0 Å². The summed E-state index contributed by atoms with van der Waals surface area (Å²) in [6.45, 7) is 19.2. The van der Waals surface area contributed by atoms with Gasteiger partial charge in [-0.15, -0.1) is 12.6 Å². The van der Waals surface area contributed by atoms with Crippen LogP contribution in [0.2, 0.25) is 0 Å². The number of rotatable bonds is 12. The molecule has 0 fully saturated rings. The molecule has 1 aliphatic heterocycles. The Bertz CT molecular complexity index is 2100. The first-order valence-electron chi connectivity index (χ1n) is 20.2. The van der Waals surface area contributed by atoms with Gasteiger partial charge in [-0.05, 0) is 108 Å². The van der Waals surface area contributed by atoms with Gasteiger partial charge in [0.25, 0.3) is 0 Å². The average Bonchev–Trinajstić information content (AvgIpc) is 4.13. The van der Waals surface area contributed by atoms with E-state index in [0.29, 0.717) is 0 Å².